The number of benzene rings is 1. The molecule has 0 radical (unpaired) electrons. The Bertz CT molecular complexity index is 922. The number of hydrogen-bond donors (Lipinski definition) is 1. The molecule has 0 aliphatic carbocycles. The summed E-state index contributed by atoms with van der Waals surface area (Å²) in [4.78, 5) is 25.7. The SMILES string of the molecule is CCCN1C(=O)N/C(=C/c2cc(C)n(-c3ccc(C)c(C)c3)c2C)C1=O. The van der Waals surface area contributed by atoms with E-state index in [1.165, 1.54) is 16.0 Å². The van der Waals surface area contributed by atoms with E-state index in [0.29, 0.717) is 12.2 Å². The highest BCUT2D eigenvalue weighted by Crippen LogP contribution is 2.25. The molecule has 3 rings (SSSR count). The molecule has 2 aromatic rings. The Morgan fingerprint density at radius 1 is 1.04 bits per heavy atom. The molecule has 2 heterocycles. The third-order valence-electron chi connectivity index (χ3n) is 4.93. The number of urea groups is 1. The maximum atomic E-state index is 12.4. The van der Waals surface area contributed by atoms with Gasteiger partial charge < -0.3 is 9.88 Å². The Morgan fingerprint density at radius 2 is 1.77 bits per heavy atom. The minimum atomic E-state index is -0.342. The summed E-state index contributed by atoms with van der Waals surface area (Å²) >= 11 is 0. The van der Waals surface area contributed by atoms with E-state index in [0.717, 1.165) is 29.1 Å². The number of rotatable bonds is 4. The highest BCUT2D eigenvalue weighted by molar-refractivity contribution is 6.14. The summed E-state index contributed by atoms with van der Waals surface area (Å²) in [7, 11) is 0. The zero-order valence-corrected chi connectivity index (χ0v) is 16.0. The predicted octanol–water partition coefficient (Wildman–Crippen LogP) is 4.01. The number of aryl methyl sites for hydroxylation is 3. The molecule has 1 aliphatic rings. The summed E-state index contributed by atoms with van der Waals surface area (Å²) in [6, 6.07) is 8.08. The molecule has 136 valence electrons. The van der Waals surface area contributed by atoms with E-state index in [1.54, 1.807) is 6.08 Å². The molecule has 1 saturated heterocycles. The van der Waals surface area contributed by atoms with Gasteiger partial charge in [0.2, 0.25) is 0 Å². The second-order valence-electron chi connectivity index (χ2n) is 6.88. The summed E-state index contributed by atoms with van der Waals surface area (Å²) in [6.07, 6.45) is 2.52. The molecule has 0 atom stereocenters. The molecule has 0 spiro atoms. The predicted molar refractivity (Wildman–Crippen MR) is 103 cm³/mol. The van der Waals surface area contributed by atoms with Crippen LogP contribution in [0.3, 0.4) is 0 Å². The highest BCUT2D eigenvalue weighted by Gasteiger charge is 2.32. The highest BCUT2D eigenvalue weighted by atomic mass is 16.2. The third-order valence-corrected chi connectivity index (χ3v) is 4.93. The normalized spacial score (nSPS) is 15.9. The fourth-order valence-electron chi connectivity index (χ4n) is 3.35. The lowest BCUT2D eigenvalue weighted by molar-refractivity contribution is -0.122. The second kappa shape index (κ2) is 6.83. The molecule has 1 aliphatic heterocycles. The van der Waals surface area contributed by atoms with E-state index in [9.17, 15) is 9.59 Å². The molecule has 3 amide bonds. The Morgan fingerprint density at radius 3 is 2.42 bits per heavy atom. The maximum absolute atomic E-state index is 12.4. The van der Waals surface area contributed by atoms with Crippen molar-refractivity contribution in [3.63, 3.8) is 0 Å². The Hall–Kier alpha value is -2.82. The van der Waals surface area contributed by atoms with E-state index in [1.807, 2.05) is 26.8 Å². The summed E-state index contributed by atoms with van der Waals surface area (Å²) in [6.45, 7) is 10.6. The van der Waals surface area contributed by atoms with E-state index in [2.05, 4.69) is 41.9 Å². The fourth-order valence-corrected chi connectivity index (χ4v) is 3.35. The van der Waals surface area contributed by atoms with Crippen molar-refractivity contribution in [1.29, 1.82) is 0 Å². The van der Waals surface area contributed by atoms with Crippen LogP contribution in [0.1, 0.15) is 41.4 Å². The van der Waals surface area contributed by atoms with Gasteiger partial charge in [-0.2, -0.15) is 0 Å². The molecule has 1 aromatic carbocycles. The van der Waals surface area contributed by atoms with Gasteiger partial charge in [-0.3, -0.25) is 9.69 Å². The van der Waals surface area contributed by atoms with E-state index >= 15 is 0 Å². The molecule has 0 unspecified atom stereocenters. The minimum absolute atomic E-state index is 0.257. The van der Waals surface area contributed by atoms with Crippen molar-refractivity contribution >= 4 is 18.0 Å². The van der Waals surface area contributed by atoms with Gasteiger partial charge in [0.15, 0.2) is 0 Å². The summed E-state index contributed by atoms with van der Waals surface area (Å²) in [5.74, 6) is -0.257. The van der Waals surface area contributed by atoms with Gasteiger partial charge in [-0.05, 0) is 75.1 Å². The van der Waals surface area contributed by atoms with Gasteiger partial charge in [0, 0.05) is 23.6 Å². The largest absolute Gasteiger partial charge is 0.329 e. The van der Waals surface area contributed by atoms with Gasteiger partial charge in [0.25, 0.3) is 5.91 Å². The van der Waals surface area contributed by atoms with Crippen LogP contribution in [0.15, 0.2) is 30.0 Å². The van der Waals surface area contributed by atoms with Crippen LogP contribution in [0.5, 0.6) is 0 Å². The standard InChI is InChI=1S/C21H25N3O2/c1-6-9-23-20(25)19(22-21(23)26)12-17-11-15(4)24(16(17)5)18-8-7-13(2)14(3)10-18/h7-8,10-12H,6,9H2,1-5H3,(H,22,26)/b19-12+. The molecular weight excluding hydrogens is 326 g/mol. The van der Waals surface area contributed by atoms with Crippen LogP contribution < -0.4 is 5.32 Å². The lowest BCUT2D eigenvalue weighted by Gasteiger charge is -2.12. The summed E-state index contributed by atoms with van der Waals surface area (Å²) < 4.78 is 2.17. The molecule has 0 bridgehead atoms. The van der Waals surface area contributed by atoms with Crippen molar-refractivity contribution in [2.24, 2.45) is 0 Å². The summed E-state index contributed by atoms with van der Waals surface area (Å²) in [5, 5.41) is 2.69. The smallest absolute Gasteiger partial charge is 0.318 e. The van der Waals surface area contributed by atoms with Gasteiger partial charge in [0.05, 0.1) is 0 Å². The third kappa shape index (κ3) is 3.05. The lowest BCUT2D eigenvalue weighted by Crippen LogP contribution is -2.31. The van der Waals surface area contributed by atoms with E-state index in [4.69, 9.17) is 0 Å². The zero-order valence-electron chi connectivity index (χ0n) is 16.0. The number of hydrogen-bond acceptors (Lipinski definition) is 2. The number of imide groups is 1. The van der Waals surface area contributed by atoms with Crippen molar-refractivity contribution in [1.82, 2.24) is 14.8 Å². The first-order chi connectivity index (χ1) is 12.3. The Labute approximate surface area is 154 Å². The van der Waals surface area contributed by atoms with Crippen LogP contribution in [-0.4, -0.2) is 28.0 Å². The van der Waals surface area contributed by atoms with E-state index in [-0.39, 0.29) is 11.9 Å². The van der Waals surface area contributed by atoms with Crippen LogP contribution in [0.2, 0.25) is 0 Å². The first-order valence-electron chi connectivity index (χ1n) is 8.94. The van der Waals surface area contributed by atoms with Crippen molar-refractivity contribution in [2.45, 2.75) is 41.0 Å². The fraction of sp³-hybridized carbons (Fsp3) is 0.333. The summed E-state index contributed by atoms with van der Waals surface area (Å²) in [5.41, 5.74) is 6.99. The second-order valence-corrected chi connectivity index (χ2v) is 6.88. The molecule has 5 nitrogen and oxygen atoms in total. The van der Waals surface area contributed by atoms with Crippen molar-refractivity contribution in [3.8, 4) is 5.69 Å². The molecule has 1 fully saturated rings. The van der Waals surface area contributed by atoms with Gasteiger partial charge >= 0.3 is 6.03 Å². The molecule has 0 saturated carbocycles. The van der Waals surface area contributed by atoms with Crippen LogP contribution >= 0.6 is 0 Å². The Balaban J connectivity index is 2.00. The van der Waals surface area contributed by atoms with Gasteiger partial charge in [-0.25, -0.2) is 4.79 Å². The average molecular weight is 351 g/mol. The Kier molecular flexibility index (Phi) is 4.72. The monoisotopic (exact) mass is 351 g/mol. The van der Waals surface area contributed by atoms with Gasteiger partial charge in [-0.15, -0.1) is 0 Å². The average Bonchev–Trinajstić information content (AvgIpc) is 3.01. The topological polar surface area (TPSA) is 54.3 Å². The van der Waals surface area contributed by atoms with Crippen LogP contribution in [0, 0.1) is 27.7 Å². The number of aromatic nitrogens is 1. The first-order valence-corrected chi connectivity index (χ1v) is 8.94. The van der Waals surface area contributed by atoms with E-state index < -0.39 is 0 Å². The number of nitrogens with one attached hydrogen (secondary N) is 1. The number of amides is 3. The maximum Gasteiger partial charge on any atom is 0.329 e. The zero-order chi connectivity index (χ0) is 19.0. The van der Waals surface area contributed by atoms with Crippen molar-refractivity contribution in [2.75, 3.05) is 6.54 Å². The van der Waals surface area contributed by atoms with Crippen LogP contribution in [0.4, 0.5) is 4.79 Å². The minimum Gasteiger partial charge on any atom is -0.318 e. The molecule has 26 heavy (non-hydrogen) atoms. The van der Waals surface area contributed by atoms with Gasteiger partial charge in [-0.1, -0.05) is 13.0 Å². The molecular formula is C21H25N3O2. The van der Waals surface area contributed by atoms with Gasteiger partial charge in [0.1, 0.15) is 5.70 Å². The molecule has 1 N–H and O–H groups in total. The van der Waals surface area contributed by atoms with Crippen LogP contribution in [-0.2, 0) is 4.79 Å². The lowest BCUT2D eigenvalue weighted by atomic mass is 10.1. The number of nitrogens with zero attached hydrogens (tertiary/aromatic N) is 2. The van der Waals surface area contributed by atoms with Crippen molar-refractivity contribution in [3.05, 3.63) is 58.0 Å². The quantitative estimate of drug-likeness (QED) is 0.668. The first kappa shape index (κ1) is 18.0. The molecule has 1 aromatic heterocycles. The van der Waals surface area contributed by atoms with Crippen molar-refractivity contribution < 1.29 is 9.59 Å². The van der Waals surface area contributed by atoms with Crippen LogP contribution in [0.25, 0.3) is 11.8 Å². The molecule has 5 heteroatoms. The number of carbonyl (C=O) groups is 2. The number of carbonyl (C=O) groups excluding carboxylic acids is 2.